The molecule has 10 nitrogen and oxygen atoms in total. The number of amides is 1. The second kappa shape index (κ2) is 11.9. The van der Waals surface area contributed by atoms with E-state index in [9.17, 15) is 14.0 Å². The minimum absolute atomic E-state index is 0.0246. The third-order valence-electron chi connectivity index (χ3n) is 6.19. The Morgan fingerprint density at radius 2 is 2.18 bits per heavy atom. The van der Waals surface area contributed by atoms with Gasteiger partial charge in [0, 0.05) is 42.7 Å². The van der Waals surface area contributed by atoms with Gasteiger partial charge in [-0.05, 0) is 31.2 Å². The van der Waals surface area contributed by atoms with Crippen molar-refractivity contribution in [1.82, 2.24) is 14.9 Å². The van der Waals surface area contributed by atoms with Crippen LogP contribution in [-0.2, 0) is 19.1 Å². The summed E-state index contributed by atoms with van der Waals surface area (Å²) in [5, 5.41) is 6.60. The van der Waals surface area contributed by atoms with Crippen LogP contribution in [0.3, 0.4) is 0 Å². The van der Waals surface area contributed by atoms with Crippen molar-refractivity contribution in [2.75, 3.05) is 43.5 Å². The van der Waals surface area contributed by atoms with Crippen LogP contribution < -0.4 is 15.4 Å². The molecule has 0 unspecified atom stereocenters. The fourth-order valence-corrected chi connectivity index (χ4v) is 4.59. The van der Waals surface area contributed by atoms with Gasteiger partial charge in [0.2, 0.25) is 5.91 Å². The zero-order valence-corrected chi connectivity index (χ0v) is 21.9. The van der Waals surface area contributed by atoms with E-state index in [4.69, 9.17) is 25.8 Å². The number of benzene rings is 2. The van der Waals surface area contributed by atoms with E-state index in [1.165, 1.54) is 24.5 Å². The molecule has 2 saturated heterocycles. The van der Waals surface area contributed by atoms with Crippen LogP contribution >= 0.6 is 11.6 Å². The number of nitrogens with one attached hydrogen (secondary N) is 2. The molecule has 1 aromatic heterocycles. The van der Waals surface area contributed by atoms with Crippen LogP contribution in [0.1, 0.15) is 13.3 Å². The summed E-state index contributed by atoms with van der Waals surface area (Å²) in [4.78, 5) is 35.1. The number of fused-ring (bicyclic) bond motifs is 1. The number of hydrogen-bond donors (Lipinski definition) is 2. The quantitative estimate of drug-likeness (QED) is 0.313. The fourth-order valence-electron chi connectivity index (χ4n) is 4.41. The van der Waals surface area contributed by atoms with Crippen LogP contribution in [-0.4, -0.2) is 71.8 Å². The highest BCUT2D eigenvalue weighted by Gasteiger charge is 2.23. The Kier molecular flexibility index (Phi) is 8.20. The predicted molar refractivity (Wildman–Crippen MR) is 144 cm³/mol. The first-order valence-corrected chi connectivity index (χ1v) is 12.9. The Balaban J connectivity index is 1.39. The van der Waals surface area contributed by atoms with Crippen molar-refractivity contribution in [2.24, 2.45) is 0 Å². The summed E-state index contributed by atoms with van der Waals surface area (Å²) < 4.78 is 30.4. The number of carbonyl (C=O) groups excluding carboxylic acids is 2. The molecular formula is C27H27ClFN5O5. The molecule has 2 fully saturated rings. The van der Waals surface area contributed by atoms with Crippen molar-refractivity contribution in [2.45, 2.75) is 25.6 Å². The van der Waals surface area contributed by atoms with Gasteiger partial charge in [0.15, 0.2) is 0 Å². The number of ether oxygens (including phenoxy) is 3. The highest BCUT2D eigenvalue weighted by molar-refractivity contribution is 6.31. The second-order valence-corrected chi connectivity index (χ2v) is 9.74. The number of rotatable bonds is 8. The molecule has 3 heterocycles. The van der Waals surface area contributed by atoms with E-state index in [0.717, 1.165) is 6.42 Å². The minimum atomic E-state index is -0.528. The second-order valence-electron chi connectivity index (χ2n) is 9.33. The van der Waals surface area contributed by atoms with Crippen molar-refractivity contribution in [3.8, 4) is 5.75 Å². The van der Waals surface area contributed by atoms with Crippen molar-refractivity contribution in [1.29, 1.82) is 0 Å². The summed E-state index contributed by atoms with van der Waals surface area (Å²) in [6.45, 7) is 4.08. The molecule has 204 valence electrons. The molecule has 1 amide bonds. The highest BCUT2D eigenvalue weighted by Crippen LogP contribution is 2.35. The van der Waals surface area contributed by atoms with E-state index in [2.05, 4.69) is 20.6 Å². The number of carbonyl (C=O) groups is 2. The third kappa shape index (κ3) is 6.80. The molecule has 2 aliphatic heterocycles. The molecule has 2 atom stereocenters. The number of esters is 1. The van der Waals surface area contributed by atoms with Gasteiger partial charge in [0.05, 0.1) is 36.0 Å². The molecule has 5 rings (SSSR count). The average molecular weight is 556 g/mol. The summed E-state index contributed by atoms with van der Waals surface area (Å²) in [6.07, 6.45) is 4.89. The number of halogens is 2. The Bertz CT molecular complexity index is 1410. The van der Waals surface area contributed by atoms with Gasteiger partial charge in [0.1, 0.15) is 35.9 Å². The largest absolute Gasteiger partial charge is 0.486 e. The van der Waals surface area contributed by atoms with E-state index in [0.29, 0.717) is 60.1 Å². The molecule has 2 aromatic carbocycles. The lowest BCUT2D eigenvalue weighted by Crippen LogP contribution is -2.44. The molecule has 2 N–H and O–H groups in total. The summed E-state index contributed by atoms with van der Waals surface area (Å²) in [5.41, 5.74) is 1.54. The van der Waals surface area contributed by atoms with Gasteiger partial charge in [-0.1, -0.05) is 17.7 Å². The van der Waals surface area contributed by atoms with E-state index in [1.54, 1.807) is 24.3 Å². The lowest BCUT2D eigenvalue weighted by Gasteiger charge is -2.29. The Labute approximate surface area is 229 Å². The molecule has 0 radical (unpaired) electrons. The fraction of sp³-hybridized carbons (Fsp3) is 0.333. The van der Waals surface area contributed by atoms with E-state index in [-0.39, 0.29) is 35.7 Å². The zero-order chi connectivity index (χ0) is 27.4. The molecular weight excluding hydrogens is 529 g/mol. The smallest absolute Gasteiger partial charge is 0.320 e. The van der Waals surface area contributed by atoms with Gasteiger partial charge in [-0.2, -0.15) is 0 Å². The molecule has 12 heteroatoms. The van der Waals surface area contributed by atoms with Crippen LogP contribution in [0.4, 0.5) is 21.6 Å². The normalized spacial score (nSPS) is 19.8. The van der Waals surface area contributed by atoms with Gasteiger partial charge in [-0.25, -0.2) is 14.4 Å². The van der Waals surface area contributed by atoms with Crippen LogP contribution in [0.5, 0.6) is 5.75 Å². The number of anilines is 3. The maximum absolute atomic E-state index is 13.6. The first-order chi connectivity index (χ1) is 18.8. The zero-order valence-electron chi connectivity index (χ0n) is 21.2. The number of aromatic nitrogens is 2. The predicted octanol–water partition coefficient (Wildman–Crippen LogP) is 4.08. The van der Waals surface area contributed by atoms with Crippen molar-refractivity contribution >= 4 is 51.6 Å². The molecule has 2 aliphatic rings. The van der Waals surface area contributed by atoms with Gasteiger partial charge in [-0.3, -0.25) is 14.5 Å². The van der Waals surface area contributed by atoms with E-state index in [1.807, 2.05) is 11.8 Å². The first kappa shape index (κ1) is 26.8. The van der Waals surface area contributed by atoms with Gasteiger partial charge < -0.3 is 24.8 Å². The lowest BCUT2D eigenvalue weighted by atomic mass is 10.1. The average Bonchev–Trinajstić information content (AvgIpc) is 3.40. The molecule has 0 saturated carbocycles. The van der Waals surface area contributed by atoms with Gasteiger partial charge in [-0.15, -0.1) is 0 Å². The molecule has 0 bridgehead atoms. The number of cyclic esters (lactones) is 1. The van der Waals surface area contributed by atoms with Crippen LogP contribution in [0.15, 0.2) is 48.8 Å². The van der Waals surface area contributed by atoms with Crippen LogP contribution in [0, 0.1) is 5.82 Å². The van der Waals surface area contributed by atoms with Crippen molar-refractivity contribution in [3.63, 3.8) is 0 Å². The summed E-state index contributed by atoms with van der Waals surface area (Å²) >= 11 is 5.93. The van der Waals surface area contributed by atoms with E-state index >= 15 is 0 Å². The van der Waals surface area contributed by atoms with Crippen LogP contribution in [0.25, 0.3) is 10.9 Å². The molecule has 39 heavy (non-hydrogen) atoms. The van der Waals surface area contributed by atoms with Gasteiger partial charge >= 0.3 is 5.97 Å². The van der Waals surface area contributed by atoms with Crippen molar-refractivity contribution < 1.29 is 28.2 Å². The maximum atomic E-state index is 13.6. The minimum Gasteiger partial charge on any atom is -0.486 e. The highest BCUT2D eigenvalue weighted by atomic mass is 35.5. The Morgan fingerprint density at radius 1 is 1.31 bits per heavy atom. The maximum Gasteiger partial charge on any atom is 0.320 e. The summed E-state index contributed by atoms with van der Waals surface area (Å²) in [7, 11) is 0. The monoisotopic (exact) mass is 555 g/mol. The third-order valence-corrected chi connectivity index (χ3v) is 6.48. The molecule has 3 aromatic rings. The standard InChI is InChI=1S/C27H27ClFN5O5/c1-16-12-34(13-26(36)38-16)7-2-3-25(35)33-23-10-19-22(11-24(23)39-18-6-8-37-14-18)30-15-31-27(19)32-17-4-5-21(29)20(28)9-17/h2-5,9-11,15-16,18H,6-8,12-14H2,1H3,(H,33,35)(H,30,31,32)/b3-2+/t16-,18-/m1/s1. The SMILES string of the molecule is C[C@@H]1CN(C/C=C/C(=O)Nc2cc3c(Nc4ccc(F)c(Cl)c4)ncnc3cc2O[C@@H]2CCOC2)CC(=O)O1. The lowest BCUT2D eigenvalue weighted by molar-refractivity contribution is -0.156. The van der Waals surface area contributed by atoms with Crippen molar-refractivity contribution in [3.05, 3.63) is 59.7 Å². The molecule has 0 aliphatic carbocycles. The number of morpholine rings is 1. The summed E-state index contributed by atoms with van der Waals surface area (Å²) in [5.74, 6) is -0.293. The van der Waals surface area contributed by atoms with Crippen LogP contribution in [0.2, 0.25) is 5.02 Å². The number of hydrogen-bond acceptors (Lipinski definition) is 9. The Hall–Kier alpha value is -3.80. The summed E-state index contributed by atoms with van der Waals surface area (Å²) in [6, 6.07) is 7.72. The molecule has 0 spiro atoms. The first-order valence-electron chi connectivity index (χ1n) is 12.5. The topological polar surface area (TPSA) is 115 Å². The number of nitrogens with zero attached hydrogens (tertiary/aromatic N) is 3. The van der Waals surface area contributed by atoms with Gasteiger partial charge in [0.25, 0.3) is 0 Å². The Morgan fingerprint density at radius 3 is 2.95 bits per heavy atom. The van der Waals surface area contributed by atoms with E-state index < -0.39 is 5.82 Å².